The highest BCUT2D eigenvalue weighted by Crippen LogP contribution is 2.78. The average Bonchev–Trinajstić information content (AvgIpc) is 2.63. The van der Waals surface area contributed by atoms with Crippen LogP contribution in [0.3, 0.4) is 0 Å². The highest BCUT2D eigenvalue weighted by molar-refractivity contribution is 5.43. The molecular weight excluding hydrogens is 98.1 g/mol. The van der Waals surface area contributed by atoms with Crippen molar-refractivity contribution in [3.8, 4) is 0 Å². The highest BCUT2D eigenvalue weighted by Gasteiger charge is 2.86. The van der Waals surface area contributed by atoms with Gasteiger partial charge in [-0.05, 0) is 24.7 Å². The van der Waals surface area contributed by atoms with E-state index in [1.807, 2.05) is 0 Å². The van der Waals surface area contributed by atoms with Crippen LogP contribution in [-0.4, -0.2) is 11.6 Å². The number of nitrogens with one attached hydrogen (secondary N) is 1. The largest absolute Gasteiger partial charge is 0.305 e. The molecule has 1 spiro atoms. The van der Waals surface area contributed by atoms with Gasteiger partial charge in [-0.25, -0.2) is 0 Å². The molecule has 1 aliphatic heterocycles. The second-order valence-electron chi connectivity index (χ2n) is 3.49. The van der Waals surface area contributed by atoms with Crippen molar-refractivity contribution in [1.82, 2.24) is 5.32 Å². The summed E-state index contributed by atoms with van der Waals surface area (Å²) in [5.74, 6) is 2.29. The van der Waals surface area contributed by atoms with Gasteiger partial charge in [0.05, 0.1) is 0 Å². The van der Waals surface area contributed by atoms with Crippen LogP contribution < -0.4 is 5.32 Å². The van der Waals surface area contributed by atoms with E-state index in [2.05, 4.69) is 12.2 Å². The summed E-state index contributed by atoms with van der Waals surface area (Å²) < 4.78 is 0. The third-order valence-electron chi connectivity index (χ3n) is 3.23. The summed E-state index contributed by atoms with van der Waals surface area (Å²) in [6.07, 6.45) is 2.90. The topological polar surface area (TPSA) is 21.9 Å². The molecule has 1 nitrogen and oxygen atoms in total. The molecule has 1 N–H and O–H groups in total. The fourth-order valence-electron chi connectivity index (χ4n) is 2.42. The molecule has 0 bridgehead atoms. The Balaban J connectivity index is 1.81. The summed E-state index contributed by atoms with van der Waals surface area (Å²) in [7, 11) is 0. The molecule has 44 valence electrons. The van der Waals surface area contributed by atoms with Crippen LogP contribution in [0.15, 0.2) is 0 Å². The lowest BCUT2D eigenvalue weighted by molar-refractivity contribution is 0.678. The summed E-state index contributed by atoms with van der Waals surface area (Å²) in [6, 6.07) is 0.936. The van der Waals surface area contributed by atoms with Crippen molar-refractivity contribution >= 4 is 0 Å². The Labute approximate surface area is 49.5 Å². The summed E-state index contributed by atoms with van der Waals surface area (Å²) in [6.45, 7) is 2.28. The maximum absolute atomic E-state index is 3.57. The SMILES string of the molecule is CCC1NC12C1CC12. The number of hydrogen-bond donors (Lipinski definition) is 1. The Morgan fingerprint density at radius 2 is 2.38 bits per heavy atom. The summed E-state index contributed by atoms with van der Waals surface area (Å²) in [5.41, 5.74) is 0.773. The van der Waals surface area contributed by atoms with Crippen molar-refractivity contribution in [3.63, 3.8) is 0 Å². The lowest BCUT2D eigenvalue weighted by Crippen LogP contribution is -2.03. The first-order chi connectivity index (χ1) is 3.89. The molecule has 0 aromatic rings. The lowest BCUT2D eigenvalue weighted by Gasteiger charge is -1.92. The van der Waals surface area contributed by atoms with Gasteiger partial charge in [0.1, 0.15) is 0 Å². The number of hydrogen-bond acceptors (Lipinski definition) is 1. The molecule has 0 radical (unpaired) electrons. The van der Waals surface area contributed by atoms with Gasteiger partial charge in [0.25, 0.3) is 0 Å². The van der Waals surface area contributed by atoms with Crippen LogP contribution in [0.5, 0.6) is 0 Å². The molecule has 2 saturated carbocycles. The minimum Gasteiger partial charge on any atom is -0.305 e. The maximum atomic E-state index is 3.57. The normalized spacial score (nSPS) is 72.4. The Morgan fingerprint density at radius 3 is 2.50 bits per heavy atom. The van der Waals surface area contributed by atoms with Crippen LogP contribution in [0, 0.1) is 11.8 Å². The van der Waals surface area contributed by atoms with Gasteiger partial charge in [-0.2, -0.15) is 0 Å². The van der Waals surface area contributed by atoms with Crippen molar-refractivity contribution in [1.29, 1.82) is 0 Å². The standard InChI is InChI=1S/C7H11N/c1-2-6-7(8-6)4-3-5(4)7/h4-6,8H,2-3H2,1H3. The minimum atomic E-state index is 0.773. The van der Waals surface area contributed by atoms with Gasteiger partial charge in [-0.15, -0.1) is 0 Å². The van der Waals surface area contributed by atoms with E-state index in [-0.39, 0.29) is 0 Å². The summed E-state index contributed by atoms with van der Waals surface area (Å²) in [5, 5.41) is 3.57. The fraction of sp³-hybridized carbons (Fsp3) is 1.00. The van der Waals surface area contributed by atoms with E-state index in [0.717, 1.165) is 23.4 Å². The first kappa shape index (κ1) is 3.89. The molecule has 0 amide bonds. The molecule has 0 aromatic carbocycles. The van der Waals surface area contributed by atoms with Crippen LogP contribution in [0.1, 0.15) is 19.8 Å². The van der Waals surface area contributed by atoms with Crippen LogP contribution in [0.25, 0.3) is 0 Å². The zero-order valence-electron chi connectivity index (χ0n) is 5.15. The molecule has 2 aliphatic carbocycles. The third-order valence-corrected chi connectivity index (χ3v) is 3.23. The lowest BCUT2D eigenvalue weighted by atomic mass is 10.1. The van der Waals surface area contributed by atoms with E-state index in [1.165, 1.54) is 6.42 Å². The summed E-state index contributed by atoms with van der Waals surface area (Å²) in [4.78, 5) is 0. The molecular formula is C7H11N. The minimum absolute atomic E-state index is 0.773. The molecule has 3 atom stereocenters. The van der Waals surface area contributed by atoms with Crippen LogP contribution in [0.4, 0.5) is 0 Å². The first-order valence-corrected chi connectivity index (χ1v) is 3.67. The number of rotatable bonds is 1. The Hall–Kier alpha value is -0.0400. The van der Waals surface area contributed by atoms with E-state index >= 15 is 0 Å². The van der Waals surface area contributed by atoms with Crippen LogP contribution >= 0.6 is 0 Å². The zero-order valence-corrected chi connectivity index (χ0v) is 5.15. The molecule has 8 heavy (non-hydrogen) atoms. The monoisotopic (exact) mass is 109 g/mol. The average molecular weight is 109 g/mol. The van der Waals surface area contributed by atoms with E-state index in [0.29, 0.717) is 0 Å². The number of fused-ring (bicyclic) bond motifs is 3. The second-order valence-corrected chi connectivity index (χ2v) is 3.49. The van der Waals surface area contributed by atoms with Gasteiger partial charge in [0.2, 0.25) is 0 Å². The van der Waals surface area contributed by atoms with Crippen molar-refractivity contribution < 1.29 is 0 Å². The Bertz CT molecular complexity index is 144. The second kappa shape index (κ2) is 0.766. The third kappa shape index (κ3) is 0.202. The predicted molar refractivity (Wildman–Crippen MR) is 31.5 cm³/mol. The van der Waals surface area contributed by atoms with E-state index in [9.17, 15) is 0 Å². The molecule has 1 heterocycles. The van der Waals surface area contributed by atoms with Crippen LogP contribution in [-0.2, 0) is 0 Å². The fourth-order valence-corrected chi connectivity index (χ4v) is 2.42. The quantitative estimate of drug-likeness (QED) is 0.493. The van der Waals surface area contributed by atoms with Crippen molar-refractivity contribution in [2.75, 3.05) is 0 Å². The van der Waals surface area contributed by atoms with Gasteiger partial charge in [0.15, 0.2) is 0 Å². The molecule has 3 unspecified atom stereocenters. The molecule has 3 fully saturated rings. The van der Waals surface area contributed by atoms with Gasteiger partial charge in [-0.1, -0.05) is 6.92 Å². The van der Waals surface area contributed by atoms with Crippen molar-refractivity contribution in [2.45, 2.75) is 31.3 Å². The molecule has 1 heteroatoms. The zero-order chi connectivity index (χ0) is 5.35. The van der Waals surface area contributed by atoms with E-state index in [1.54, 1.807) is 6.42 Å². The van der Waals surface area contributed by atoms with Crippen molar-refractivity contribution in [2.24, 2.45) is 11.8 Å². The molecule has 3 rings (SSSR count). The van der Waals surface area contributed by atoms with Crippen molar-refractivity contribution in [3.05, 3.63) is 0 Å². The van der Waals surface area contributed by atoms with Crippen LogP contribution in [0.2, 0.25) is 0 Å². The van der Waals surface area contributed by atoms with E-state index in [4.69, 9.17) is 0 Å². The smallest absolute Gasteiger partial charge is 0.0401 e. The molecule has 3 aliphatic rings. The Morgan fingerprint density at radius 1 is 1.62 bits per heavy atom. The summed E-state index contributed by atoms with van der Waals surface area (Å²) >= 11 is 0. The predicted octanol–water partition coefficient (Wildman–Crippen LogP) is 0.757. The van der Waals surface area contributed by atoms with E-state index < -0.39 is 0 Å². The van der Waals surface area contributed by atoms with Gasteiger partial charge in [0, 0.05) is 11.6 Å². The van der Waals surface area contributed by atoms with Gasteiger partial charge < -0.3 is 5.32 Å². The first-order valence-electron chi connectivity index (χ1n) is 3.67. The van der Waals surface area contributed by atoms with Gasteiger partial charge in [-0.3, -0.25) is 0 Å². The highest BCUT2D eigenvalue weighted by atomic mass is 15.3. The molecule has 1 saturated heterocycles. The van der Waals surface area contributed by atoms with Gasteiger partial charge >= 0.3 is 0 Å². The Kier molecular flexibility index (Phi) is 0.372. The molecule has 0 aromatic heterocycles. The maximum Gasteiger partial charge on any atom is 0.0401 e.